The first-order valence-corrected chi connectivity index (χ1v) is 11.4. The molecule has 2 aromatic carbocycles. The Morgan fingerprint density at radius 1 is 0.906 bits per heavy atom. The highest BCUT2D eigenvalue weighted by Crippen LogP contribution is 2.47. The average Bonchev–Trinajstić information content (AvgIpc) is 3.39. The van der Waals surface area contributed by atoms with Crippen molar-refractivity contribution < 1.29 is 9.53 Å². The van der Waals surface area contributed by atoms with E-state index in [1.165, 1.54) is 5.56 Å². The standard InChI is InChI=1S/C26H26N4O2/c31-25-26(32-23-12-11-21(30(23)25)19-7-3-1-4-8-19)14-17-29(18-15-26)22-13-16-27-24(28-22)20-9-5-2-6-10-20/h1-10,13,16,21,23H,11-12,14-15,17-18H2/t21-,23+/m0/s1. The van der Waals surface area contributed by atoms with Crippen molar-refractivity contribution in [1.29, 1.82) is 0 Å². The van der Waals surface area contributed by atoms with Crippen LogP contribution in [0.1, 0.15) is 37.3 Å². The Kier molecular flexibility index (Phi) is 4.68. The largest absolute Gasteiger partial charge is 0.356 e. The minimum absolute atomic E-state index is 0.0945. The first-order chi connectivity index (χ1) is 15.7. The molecule has 3 fully saturated rings. The molecular weight excluding hydrogens is 400 g/mol. The molecule has 0 radical (unpaired) electrons. The molecule has 6 rings (SSSR count). The zero-order valence-electron chi connectivity index (χ0n) is 17.9. The fourth-order valence-electron chi connectivity index (χ4n) is 5.40. The second-order valence-corrected chi connectivity index (χ2v) is 8.87. The molecule has 6 nitrogen and oxygen atoms in total. The number of hydrogen-bond donors (Lipinski definition) is 0. The summed E-state index contributed by atoms with van der Waals surface area (Å²) in [5, 5.41) is 0. The van der Waals surface area contributed by atoms with Crippen molar-refractivity contribution >= 4 is 11.7 Å². The van der Waals surface area contributed by atoms with Crippen LogP contribution in [-0.4, -0.2) is 45.7 Å². The highest BCUT2D eigenvalue weighted by molar-refractivity contribution is 5.88. The molecule has 162 valence electrons. The normalized spacial score (nSPS) is 24.2. The van der Waals surface area contributed by atoms with Gasteiger partial charge in [0.2, 0.25) is 0 Å². The zero-order chi connectivity index (χ0) is 21.5. The van der Waals surface area contributed by atoms with E-state index in [0.717, 1.165) is 43.1 Å². The summed E-state index contributed by atoms with van der Waals surface area (Å²) in [6.07, 6.45) is 4.96. The Morgan fingerprint density at radius 3 is 2.38 bits per heavy atom. The van der Waals surface area contributed by atoms with E-state index in [1.807, 2.05) is 65.7 Å². The molecule has 1 spiro atoms. The molecule has 0 aliphatic carbocycles. The highest BCUT2D eigenvalue weighted by Gasteiger charge is 2.57. The lowest BCUT2D eigenvalue weighted by molar-refractivity contribution is -0.140. The summed E-state index contributed by atoms with van der Waals surface area (Å²) in [4.78, 5) is 27.1. The number of rotatable bonds is 3. The van der Waals surface area contributed by atoms with E-state index in [2.05, 4.69) is 22.0 Å². The average molecular weight is 427 g/mol. The van der Waals surface area contributed by atoms with Gasteiger partial charge in [-0.2, -0.15) is 0 Å². The van der Waals surface area contributed by atoms with Crippen LogP contribution in [0.25, 0.3) is 11.4 Å². The summed E-state index contributed by atoms with van der Waals surface area (Å²) < 4.78 is 6.47. The van der Waals surface area contributed by atoms with Gasteiger partial charge in [0.25, 0.3) is 5.91 Å². The first-order valence-electron chi connectivity index (χ1n) is 11.4. The van der Waals surface area contributed by atoms with Crippen molar-refractivity contribution in [3.63, 3.8) is 0 Å². The molecule has 32 heavy (non-hydrogen) atoms. The maximum absolute atomic E-state index is 13.6. The van der Waals surface area contributed by atoms with E-state index in [4.69, 9.17) is 9.72 Å². The monoisotopic (exact) mass is 426 g/mol. The summed E-state index contributed by atoms with van der Waals surface area (Å²) in [5.74, 6) is 1.80. The number of fused-ring (bicyclic) bond motifs is 1. The van der Waals surface area contributed by atoms with Crippen molar-refractivity contribution in [3.05, 3.63) is 78.5 Å². The number of nitrogens with zero attached hydrogens (tertiary/aromatic N) is 4. The summed E-state index contributed by atoms with van der Waals surface area (Å²) in [5.41, 5.74) is 1.52. The maximum atomic E-state index is 13.6. The predicted octanol–water partition coefficient (Wildman–Crippen LogP) is 4.20. The van der Waals surface area contributed by atoms with Gasteiger partial charge >= 0.3 is 0 Å². The highest BCUT2D eigenvalue weighted by atomic mass is 16.6. The van der Waals surface area contributed by atoms with Gasteiger partial charge in [-0.25, -0.2) is 9.97 Å². The molecule has 1 amide bonds. The lowest BCUT2D eigenvalue weighted by atomic mass is 9.89. The Balaban J connectivity index is 1.18. The molecule has 0 N–H and O–H groups in total. The maximum Gasteiger partial charge on any atom is 0.257 e. The van der Waals surface area contributed by atoms with E-state index < -0.39 is 5.60 Å². The third kappa shape index (κ3) is 3.17. The van der Waals surface area contributed by atoms with Gasteiger partial charge in [-0.3, -0.25) is 4.79 Å². The molecule has 2 atom stereocenters. The molecule has 0 unspecified atom stereocenters. The number of carbonyl (C=O) groups is 1. The van der Waals surface area contributed by atoms with Gasteiger partial charge in [0, 0.05) is 37.7 Å². The van der Waals surface area contributed by atoms with Crippen LogP contribution in [0.2, 0.25) is 0 Å². The molecule has 3 aromatic rings. The number of piperidine rings is 1. The van der Waals surface area contributed by atoms with Crippen molar-refractivity contribution in [2.45, 2.75) is 43.6 Å². The van der Waals surface area contributed by atoms with Crippen LogP contribution in [0, 0.1) is 0 Å². The van der Waals surface area contributed by atoms with Crippen LogP contribution in [0.3, 0.4) is 0 Å². The fourth-order valence-corrected chi connectivity index (χ4v) is 5.40. The topological polar surface area (TPSA) is 58.6 Å². The van der Waals surface area contributed by atoms with E-state index in [-0.39, 0.29) is 18.2 Å². The Hall–Kier alpha value is -3.25. The van der Waals surface area contributed by atoms with Gasteiger partial charge in [0.05, 0.1) is 6.04 Å². The second-order valence-electron chi connectivity index (χ2n) is 8.87. The molecule has 3 aliphatic rings. The van der Waals surface area contributed by atoms with Crippen LogP contribution < -0.4 is 4.90 Å². The summed E-state index contributed by atoms with van der Waals surface area (Å²) in [6, 6.07) is 22.4. The molecular formula is C26H26N4O2. The number of anilines is 1. The number of amides is 1. The second kappa shape index (κ2) is 7.71. The van der Waals surface area contributed by atoms with Crippen molar-refractivity contribution in [1.82, 2.24) is 14.9 Å². The number of ether oxygens (including phenoxy) is 1. The fraction of sp³-hybridized carbons (Fsp3) is 0.346. The lowest BCUT2D eigenvalue weighted by Crippen LogP contribution is -2.50. The smallest absolute Gasteiger partial charge is 0.257 e. The van der Waals surface area contributed by atoms with Gasteiger partial charge in [0.1, 0.15) is 12.0 Å². The van der Waals surface area contributed by atoms with Gasteiger partial charge in [-0.15, -0.1) is 0 Å². The number of aromatic nitrogens is 2. The van der Waals surface area contributed by atoms with Gasteiger partial charge in [0.15, 0.2) is 11.4 Å². The van der Waals surface area contributed by atoms with Crippen LogP contribution in [0.15, 0.2) is 72.9 Å². The van der Waals surface area contributed by atoms with Crippen LogP contribution >= 0.6 is 0 Å². The molecule has 3 saturated heterocycles. The molecule has 6 heteroatoms. The first kappa shape index (κ1) is 19.4. The zero-order valence-corrected chi connectivity index (χ0v) is 17.9. The van der Waals surface area contributed by atoms with Crippen LogP contribution in [-0.2, 0) is 9.53 Å². The van der Waals surface area contributed by atoms with Crippen molar-refractivity contribution in [3.8, 4) is 11.4 Å². The molecule has 1 aromatic heterocycles. The lowest BCUT2D eigenvalue weighted by Gasteiger charge is -2.38. The molecule has 4 heterocycles. The van der Waals surface area contributed by atoms with Crippen molar-refractivity contribution in [2.24, 2.45) is 0 Å². The minimum atomic E-state index is -0.691. The number of carbonyl (C=O) groups excluding carboxylic acids is 1. The van der Waals surface area contributed by atoms with Gasteiger partial charge in [-0.1, -0.05) is 60.7 Å². The number of benzene rings is 2. The van der Waals surface area contributed by atoms with Crippen molar-refractivity contribution in [2.75, 3.05) is 18.0 Å². The summed E-state index contributed by atoms with van der Waals surface area (Å²) in [7, 11) is 0. The van der Waals surface area contributed by atoms with E-state index in [9.17, 15) is 4.79 Å². The Morgan fingerprint density at radius 2 is 1.62 bits per heavy atom. The minimum Gasteiger partial charge on any atom is -0.356 e. The third-order valence-corrected chi connectivity index (χ3v) is 7.07. The summed E-state index contributed by atoms with van der Waals surface area (Å²) in [6.45, 7) is 1.49. The number of hydrogen-bond acceptors (Lipinski definition) is 5. The molecule has 0 bridgehead atoms. The summed E-state index contributed by atoms with van der Waals surface area (Å²) >= 11 is 0. The van der Waals surface area contributed by atoms with Gasteiger partial charge < -0.3 is 14.5 Å². The van der Waals surface area contributed by atoms with Gasteiger partial charge in [-0.05, 0) is 24.5 Å². The SMILES string of the molecule is O=C1N2[C@@H](CC[C@H]2c2ccccc2)OC12CCN(c1ccnc(-c3ccccc3)n1)CC2. The van der Waals surface area contributed by atoms with E-state index in [0.29, 0.717) is 12.8 Å². The quantitative estimate of drug-likeness (QED) is 0.628. The third-order valence-electron chi connectivity index (χ3n) is 7.07. The predicted molar refractivity (Wildman–Crippen MR) is 122 cm³/mol. The Bertz CT molecular complexity index is 1110. The molecule has 0 saturated carbocycles. The van der Waals surface area contributed by atoms with E-state index in [1.54, 1.807) is 0 Å². The van der Waals surface area contributed by atoms with E-state index >= 15 is 0 Å². The van der Waals surface area contributed by atoms with Crippen LogP contribution in [0.4, 0.5) is 5.82 Å². The molecule has 3 aliphatic heterocycles. The van der Waals surface area contributed by atoms with Crippen LogP contribution in [0.5, 0.6) is 0 Å². The Labute approximate surface area is 187 Å².